The molecule has 3 N–H and O–H groups in total. The van der Waals surface area contributed by atoms with E-state index in [-0.39, 0.29) is 30.0 Å². The van der Waals surface area contributed by atoms with Crippen molar-refractivity contribution in [1.29, 1.82) is 0 Å². The van der Waals surface area contributed by atoms with Crippen molar-refractivity contribution in [3.05, 3.63) is 71.8 Å². The molecule has 0 spiro atoms. The van der Waals surface area contributed by atoms with Gasteiger partial charge in [0.15, 0.2) is 0 Å². The minimum absolute atomic E-state index is 0.0766. The van der Waals surface area contributed by atoms with E-state index in [0.29, 0.717) is 18.5 Å². The monoisotopic (exact) mass is 593 g/mol. The third kappa shape index (κ3) is 12.1. The Morgan fingerprint density at radius 1 is 1.00 bits per heavy atom. The molecule has 0 bridgehead atoms. The highest BCUT2D eigenvalue weighted by molar-refractivity contribution is 5.92. The van der Waals surface area contributed by atoms with Gasteiger partial charge in [-0.3, -0.25) is 9.59 Å². The van der Waals surface area contributed by atoms with Gasteiger partial charge in [-0.05, 0) is 75.4 Å². The average Bonchev–Trinajstić information content (AvgIpc) is 2.94. The summed E-state index contributed by atoms with van der Waals surface area (Å²) in [6.07, 6.45) is 6.49. The molecule has 8 nitrogen and oxygen atoms in total. The van der Waals surface area contributed by atoms with E-state index in [9.17, 15) is 19.5 Å². The van der Waals surface area contributed by atoms with E-state index >= 15 is 0 Å². The first kappa shape index (κ1) is 35.4. The molecule has 0 heterocycles. The van der Waals surface area contributed by atoms with Crippen LogP contribution in [0.5, 0.6) is 5.75 Å². The molecular formula is C35H51N3O5. The van der Waals surface area contributed by atoms with Gasteiger partial charge in [-0.15, -0.1) is 0 Å². The molecule has 0 saturated carbocycles. The summed E-state index contributed by atoms with van der Waals surface area (Å²) in [5.41, 5.74) is 1.48. The van der Waals surface area contributed by atoms with E-state index in [1.54, 1.807) is 56.0 Å². The van der Waals surface area contributed by atoms with Crippen molar-refractivity contribution in [3.8, 4) is 5.75 Å². The highest BCUT2D eigenvalue weighted by Crippen LogP contribution is 2.26. The zero-order valence-corrected chi connectivity index (χ0v) is 26.8. The first-order chi connectivity index (χ1) is 20.4. The molecule has 43 heavy (non-hydrogen) atoms. The second kappa shape index (κ2) is 17.3. The molecule has 3 atom stereocenters. The van der Waals surface area contributed by atoms with E-state index in [1.165, 1.54) is 0 Å². The molecular weight excluding hydrogens is 542 g/mol. The van der Waals surface area contributed by atoms with Crippen molar-refractivity contribution in [2.45, 2.75) is 110 Å². The first-order valence-corrected chi connectivity index (χ1v) is 15.5. The zero-order chi connectivity index (χ0) is 32.0. The quantitative estimate of drug-likeness (QED) is 0.183. The number of aromatic hydroxyl groups is 1. The molecule has 0 fully saturated rings. The number of amides is 3. The maximum atomic E-state index is 14.6. The summed E-state index contributed by atoms with van der Waals surface area (Å²) in [7, 11) is 0. The van der Waals surface area contributed by atoms with Crippen molar-refractivity contribution >= 4 is 24.0 Å². The van der Waals surface area contributed by atoms with Crippen LogP contribution < -0.4 is 10.6 Å². The van der Waals surface area contributed by atoms with Crippen molar-refractivity contribution < 1.29 is 24.2 Å². The molecule has 2 aromatic rings. The summed E-state index contributed by atoms with van der Waals surface area (Å²) < 4.78 is 5.52. The Morgan fingerprint density at radius 3 is 2.30 bits per heavy atom. The Morgan fingerprint density at radius 2 is 1.70 bits per heavy atom. The molecule has 3 unspecified atom stereocenters. The Balaban J connectivity index is 2.60. The maximum Gasteiger partial charge on any atom is 0.408 e. The number of phenolic OH excluding ortho intramolecular Hbond substituents is 1. The maximum absolute atomic E-state index is 14.6. The van der Waals surface area contributed by atoms with Crippen LogP contribution >= 0.6 is 0 Å². The predicted molar refractivity (Wildman–Crippen MR) is 173 cm³/mol. The Kier molecular flexibility index (Phi) is 14.3. The number of hydrogen-bond donors (Lipinski definition) is 3. The summed E-state index contributed by atoms with van der Waals surface area (Å²) in [5, 5.41) is 15.7. The number of alkyl carbamates (subject to hydrolysis) is 1. The van der Waals surface area contributed by atoms with Crippen LogP contribution in [0.4, 0.5) is 4.79 Å². The van der Waals surface area contributed by atoms with Crippen LogP contribution in [0.2, 0.25) is 0 Å². The summed E-state index contributed by atoms with van der Waals surface area (Å²) in [6, 6.07) is 12.0. The largest absolute Gasteiger partial charge is 0.508 e. The molecule has 2 rings (SSSR count). The SMILES string of the molecule is C=Cc1cccc(C(C(=O)NC(C)CCC)N(CCCCCC)C(=O)C(Cc2ccc(O)cc2)NC(=O)OC(C)(C)C)c1. The fraction of sp³-hybridized carbons (Fsp3) is 0.514. The van der Waals surface area contributed by atoms with Gasteiger partial charge in [0.1, 0.15) is 23.4 Å². The fourth-order valence-electron chi connectivity index (χ4n) is 4.95. The molecule has 2 aromatic carbocycles. The van der Waals surface area contributed by atoms with Crippen LogP contribution in [0.3, 0.4) is 0 Å². The van der Waals surface area contributed by atoms with Gasteiger partial charge in [0.25, 0.3) is 0 Å². The van der Waals surface area contributed by atoms with Crippen LogP contribution in [0.1, 0.15) is 103 Å². The van der Waals surface area contributed by atoms with Crippen molar-refractivity contribution in [2.75, 3.05) is 6.54 Å². The zero-order valence-electron chi connectivity index (χ0n) is 26.8. The molecule has 0 saturated heterocycles. The molecule has 236 valence electrons. The van der Waals surface area contributed by atoms with Gasteiger partial charge in [-0.1, -0.05) is 82.5 Å². The Bertz CT molecular complexity index is 1190. The molecule has 0 aliphatic heterocycles. The number of hydrogen-bond acceptors (Lipinski definition) is 5. The fourth-order valence-corrected chi connectivity index (χ4v) is 4.95. The topological polar surface area (TPSA) is 108 Å². The van der Waals surface area contributed by atoms with Crippen LogP contribution in [0.25, 0.3) is 6.08 Å². The molecule has 0 aliphatic rings. The number of carbonyl (C=O) groups excluding carboxylic acids is 3. The predicted octanol–water partition coefficient (Wildman–Crippen LogP) is 6.93. The number of phenols is 1. The van der Waals surface area contributed by atoms with E-state index in [0.717, 1.165) is 43.2 Å². The second-order valence-electron chi connectivity index (χ2n) is 12.1. The molecule has 3 amide bonds. The highest BCUT2D eigenvalue weighted by Gasteiger charge is 2.36. The number of nitrogens with one attached hydrogen (secondary N) is 2. The van der Waals surface area contributed by atoms with Gasteiger partial charge < -0.3 is 25.4 Å². The summed E-state index contributed by atoms with van der Waals surface area (Å²) in [4.78, 5) is 43.2. The normalized spacial score (nSPS) is 13.3. The lowest BCUT2D eigenvalue weighted by molar-refractivity contribution is -0.142. The van der Waals surface area contributed by atoms with Crippen LogP contribution in [0.15, 0.2) is 55.1 Å². The lowest BCUT2D eigenvalue weighted by Gasteiger charge is -2.35. The first-order valence-electron chi connectivity index (χ1n) is 15.5. The van der Waals surface area contributed by atoms with Crippen LogP contribution in [0, 0.1) is 0 Å². The number of rotatable bonds is 16. The van der Waals surface area contributed by atoms with Crippen molar-refractivity contribution in [3.63, 3.8) is 0 Å². The van der Waals surface area contributed by atoms with Gasteiger partial charge in [0.05, 0.1) is 0 Å². The van der Waals surface area contributed by atoms with E-state index in [4.69, 9.17) is 4.74 Å². The van der Waals surface area contributed by atoms with Gasteiger partial charge >= 0.3 is 6.09 Å². The van der Waals surface area contributed by atoms with Crippen LogP contribution in [-0.2, 0) is 20.7 Å². The van der Waals surface area contributed by atoms with Gasteiger partial charge in [0.2, 0.25) is 11.8 Å². The van der Waals surface area contributed by atoms with E-state index in [2.05, 4.69) is 31.1 Å². The molecule has 0 radical (unpaired) electrons. The van der Waals surface area contributed by atoms with Gasteiger partial charge in [-0.2, -0.15) is 0 Å². The summed E-state index contributed by atoms with van der Waals surface area (Å²) in [6.45, 7) is 15.6. The molecule has 0 aromatic heterocycles. The van der Waals surface area contributed by atoms with Crippen molar-refractivity contribution in [1.82, 2.24) is 15.5 Å². The summed E-state index contributed by atoms with van der Waals surface area (Å²) in [5.74, 6) is -0.557. The Labute approximate surface area is 257 Å². The number of nitrogens with zero attached hydrogens (tertiary/aromatic N) is 1. The number of benzene rings is 2. The molecule has 0 aliphatic carbocycles. The van der Waals surface area contributed by atoms with E-state index < -0.39 is 23.8 Å². The standard InChI is InChI=1S/C35H51N3O5/c1-8-11-12-13-22-38(31(32(40)36-25(4)15-9-2)28-17-14-16-26(10-3)23-28)33(41)30(37-34(42)43-35(5,6)7)24-27-18-20-29(39)21-19-27/h10,14,16-21,23,25,30-31,39H,3,8-9,11-13,15,22,24H2,1-2,4-7H3,(H,36,40)(H,37,42). The minimum atomic E-state index is -1.02. The summed E-state index contributed by atoms with van der Waals surface area (Å²) >= 11 is 0. The Hall–Kier alpha value is -3.81. The van der Waals surface area contributed by atoms with Gasteiger partial charge in [-0.25, -0.2) is 4.79 Å². The third-order valence-electron chi connectivity index (χ3n) is 7.03. The highest BCUT2D eigenvalue weighted by atomic mass is 16.6. The number of unbranched alkanes of at least 4 members (excludes halogenated alkanes) is 3. The second-order valence-corrected chi connectivity index (χ2v) is 12.1. The number of carbonyl (C=O) groups is 3. The lowest BCUT2D eigenvalue weighted by Crippen LogP contribution is -2.54. The van der Waals surface area contributed by atoms with Crippen LogP contribution in [-0.4, -0.2) is 52.1 Å². The average molecular weight is 594 g/mol. The van der Waals surface area contributed by atoms with E-state index in [1.807, 2.05) is 31.2 Å². The third-order valence-corrected chi connectivity index (χ3v) is 7.03. The van der Waals surface area contributed by atoms with Gasteiger partial charge in [0, 0.05) is 19.0 Å². The lowest BCUT2D eigenvalue weighted by atomic mass is 9.98. The van der Waals surface area contributed by atoms with Crippen molar-refractivity contribution in [2.24, 2.45) is 0 Å². The molecule has 8 heteroatoms. The minimum Gasteiger partial charge on any atom is -0.508 e. The number of ether oxygens (including phenoxy) is 1. The smallest absolute Gasteiger partial charge is 0.408 e.